The van der Waals surface area contributed by atoms with Gasteiger partial charge in [-0.2, -0.15) is 0 Å². The van der Waals surface area contributed by atoms with E-state index in [4.69, 9.17) is 16.6 Å². The summed E-state index contributed by atoms with van der Waals surface area (Å²) in [5, 5.41) is 1.86. The quantitative estimate of drug-likeness (QED) is 0.672. The van der Waals surface area contributed by atoms with E-state index in [1.807, 2.05) is 12.1 Å². The van der Waals surface area contributed by atoms with Gasteiger partial charge in [0, 0.05) is 34.1 Å². The third-order valence-corrected chi connectivity index (χ3v) is 6.85. The van der Waals surface area contributed by atoms with E-state index in [1.54, 1.807) is 11.8 Å². The van der Waals surface area contributed by atoms with E-state index >= 15 is 0 Å². The summed E-state index contributed by atoms with van der Waals surface area (Å²) >= 11 is 7.90. The minimum Gasteiger partial charge on any atom is -0.342 e. The molecule has 5 heteroatoms. The topological polar surface area (TPSA) is 33.2 Å². The van der Waals surface area contributed by atoms with Crippen LogP contribution in [-0.2, 0) is 17.6 Å². The molecule has 0 spiro atoms. The molecule has 4 rings (SSSR count). The Hall–Kier alpha value is -1.26. The number of hydrogen-bond donors (Lipinski definition) is 0. The summed E-state index contributed by atoms with van der Waals surface area (Å²) in [6.45, 7) is 1.84. The van der Waals surface area contributed by atoms with Crippen molar-refractivity contribution in [3.8, 4) is 0 Å². The lowest BCUT2D eigenvalue weighted by atomic mass is 9.94. The first-order valence-corrected chi connectivity index (χ1v) is 11.1. The van der Waals surface area contributed by atoms with Crippen molar-refractivity contribution in [2.24, 2.45) is 0 Å². The number of likely N-dealkylation sites (tertiary alicyclic amines) is 1. The summed E-state index contributed by atoms with van der Waals surface area (Å²) in [5.74, 6) is 0.800. The van der Waals surface area contributed by atoms with Gasteiger partial charge in [-0.1, -0.05) is 30.5 Å². The lowest BCUT2D eigenvalue weighted by molar-refractivity contribution is -0.128. The van der Waals surface area contributed by atoms with E-state index in [9.17, 15) is 4.79 Å². The maximum atomic E-state index is 12.8. The van der Waals surface area contributed by atoms with Gasteiger partial charge in [0.25, 0.3) is 0 Å². The molecule has 3 nitrogen and oxygen atoms in total. The van der Waals surface area contributed by atoms with Crippen LogP contribution in [-0.4, -0.2) is 34.6 Å². The molecule has 0 unspecified atom stereocenters. The zero-order chi connectivity index (χ0) is 17.9. The molecule has 1 amide bonds. The van der Waals surface area contributed by atoms with Crippen molar-refractivity contribution >= 4 is 40.2 Å². The van der Waals surface area contributed by atoms with Gasteiger partial charge in [-0.3, -0.25) is 9.78 Å². The zero-order valence-corrected chi connectivity index (χ0v) is 16.7. The van der Waals surface area contributed by atoms with Gasteiger partial charge >= 0.3 is 0 Å². The second kappa shape index (κ2) is 8.18. The minimum atomic E-state index is 0.278. The Bertz CT molecular complexity index is 815. The van der Waals surface area contributed by atoms with Crippen LogP contribution in [0.15, 0.2) is 23.1 Å². The molecular weight excluding hydrogens is 364 g/mol. The highest BCUT2D eigenvalue weighted by molar-refractivity contribution is 8.00. The smallest absolute Gasteiger partial charge is 0.232 e. The Morgan fingerprint density at radius 2 is 1.85 bits per heavy atom. The summed E-state index contributed by atoms with van der Waals surface area (Å²) in [7, 11) is 0. The van der Waals surface area contributed by atoms with Gasteiger partial charge in [0.15, 0.2) is 0 Å². The van der Waals surface area contributed by atoms with Crippen molar-refractivity contribution in [1.29, 1.82) is 0 Å². The Labute approximate surface area is 164 Å². The van der Waals surface area contributed by atoms with E-state index in [2.05, 4.69) is 11.0 Å². The lowest BCUT2D eigenvalue weighted by Crippen LogP contribution is -2.33. The number of benzene rings is 1. The third kappa shape index (κ3) is 3.86. The van der Waals surface area contributed by atoms with E-state index in [0.717, 1.165) is 54.7 Å². The molecule has 1 fully saturated rings. The van der Waals surface area contributed by atoms with Crippen molar-refractivity contribution < 1.29 is 4.79 Å². The molecule has 1 aromatic carbocycles. The van der Waals surface area contributed by atoms with Crippen LogP contribution in [0.25, 0.3) is 10.9 Å². The first-order valence-electron chi connectivity index (χ1n) is 9.74. The predicted molar refractivity (Wildman–Crippen MR) is 109 cm³/mol. The normalized spacial score (nSPS) is 17.8. The number of nitrogens with zero attached hydrogens (tertiary/aromatic N) is 2. The van der Waals surface area contributed by atoms with Crippen LogP contribution < -0.4 is 0 Å². The molecular formula is C21H25ClN2OS. The fraction of sp³-hybridized carbons (Fsp3) is 0.524. The van der Waals surface area contributed by atoms with Crippen molar-refractivity contribution in [3.05, 3.63) is 34.5 Å². The fourth-order valence-electron chi connectivity index (χ4n) is 4.06. The molecule has 2 heterocycles. The molecule has 0 radical (unpaired) electrons. The average molecular weight is 389 g/mol. The molecule has 1 saturated heterocycles. The van der Waals surface area contributed by atoms with Gasteiger partial charge < -0.3 is 4.90 Å². The molecule has 0 bridgehead atoms. The Morgan fingerprint density at radius 1 is 1.08 bits per heavy atom. The lowest BCUT2D eigenvalue weighted by Gasteiger charge is -2.22. The molecule has 1 aromatic heterocycles. The standard InChI is InChI=1S/C21H25ClN2OS/c22-15-9-10-17-19(13-15)23-18-8-4-3-7-16(18)21(17)26-14-20(25)24-11-5-1-2-6-12-24/h9-10,13H,1-8,11-12,14H2. The molecule has 1 aliphatic heterocycles. The summed E-state index contributed by atoms with van der Waals surface area (Å²) < 4.78 is 0. The first kappa shape index (κ1) is 18.1. The maximum Gasteiger partial charge on any atom is 0.232 e. The molecule has 1 aliphatic carbocycles. The zero-order valence-electron chi connectivity index (χ0n) is 15.1. The van der Waals surface area contributed by atoms with Gasteiger partial charge in [-0.15, -0.1) is 11.8 Å². The maximum absolute atomic E-state index is 12.8. The highest BCUT2D eigenvalue weighted by Crippen LogP contribution is 2.37. The molecule has 2 aromatic rings. The van der Waals surface area contributed by atoms with Gasteiger partial charge in [0.1, 0.15) is 0 Å². The Balaban J connectivity index is 1.61. The number of carbonyl (C=O) groups is 1. The summed E-state index contributed by atoms with van der Waals surface area (Å²) in [6, 6.07) is 5.95. The fourth-order valence-corrected chi connectivity index (χ4v) is 5.40. The monoisotopic (exact) mass is 388 g/mol. The van der Waals surface area contributed by atoms with E-state index in [-0.39, 0.29) is 5.91 Å². The summed E-state index contributed by atoms with van der Waals surface area (Å²) in [6.07, 6.45) is 9.29. The highest BCUT2D eigenvalue weighted by Gasteiger charge is 2.21. The number of rotatable bonds is 3. The summed E-state index contributed by atoms with van der Waals surface area (Å²) in [4.78, 5) is 20.9. The van der Waals surface area contributed by atoms with Crippen molar-refractivity contribution in [2.75, 3.05) is 18.8 Å². The van der Waals surface area contributed by atoms with Crippen molar-refractivity contribution in [1.82, 2.24) is 9.88 Å². The van der Waals surface area contributed by atoms with Gasteiger partial charge in [-0.05, 0) is 56.2 Å². The number of pyridine rings is 1. The van der Waals surface area contributed by atoms with E-state index < -0.39 is 0 Å². The van der Waals surface area contributed by atoms with Crippen LogP contribution >= 0.6 is 23.4 Å². The minimum absolute atomic E-state index is 0.278. The SMILES string of the molecule is O=C(CSc1c2c(nc3cc(Cl)ccc13)CCCC2)N1CCCCCC1. The van der Waals surface area contributed by atoms with Crippen molar-refractivity contribution in [3.63, 3.8) is 0 Å². The molecule has 26 heavy (non-hydrogen) atoms. The largest absolute Gasteiger partial charge is 0.342 e. The number of hydrogen-bond acceptors (Lipinski definition) is 3. The van der Waals surface area contributed by atoms with Crippen LogP contribution in [0.2, 0.25) is 5.02 Å². The molecule has 0 atom stereocenters. The number of thioether (sulfide) groups is 1. The number of halogens is 1. The Kier molecular flexibility index (Phi) is 5.70. The first-order chi connectivity index (χ1) is 12.7. The predicted octanol–water partition coefficient (Wildman–Crippen LogP) is 5.26. The van der Waals surface area contributed by atoms with E-state index in [1.165, 1.54) is 41.8 Å². The second-order valence-corrected chi connectivity index (χ2v) is 8.74. The molecule has 0 saturated carbocycles. The Morgan fingerprint density at radius 3 is 2.65 bits per heavy atom. The van der Waals surface area contributed by atoms with Gasteiger partial charge in [-0.25, -0.2) is 0 Å². The second-order valence-electron chi connectivity index (χ2n) is 7.32. The van der Waals surface area contributed by atoms with Crippen LogP contribution in [0.5, 0.6) is 0 Å². The van der Waals surface area contributed by atoms with Gasteiger partial charge in [0.05, 0.1) is 11.3 Å². The number of amides is 1. The van der Waals surface area contributed by atoms with Crippen LogP contribution in [0, 0.1) is 0 Å². The van der Waals surface area contributed by atoms with E-state index in [0.29, 0.717) is 5.75 Å². The number of carbonyl (C=O) groups excluding carboxylic acids is 1. The molecule has 138 valence electrons. The van der Waals surface area contributed by atoms with Crippen LogP contribution in [0.3, 0.4) is 0 Å². The average Bonchev–Trinajstić information content (AvgIpc) is 2.94. The number of fused-ring (bicyclic) bond motifs is 2. The van der Waals surface area contributed by atoms with Crippen LogP contribution in [0.4, 0.5) is 0 Å². The molecule has 0 N–H and O–H groups in total. The highest BCUT2D eigenvalue weighted by atomic mass is 35.5. The third-order valence-electron chi connectivity index (χ3n) is 5.47. The van der Waals surface area contributed by atoms with Crippen LogP contribution in [0.1, 0.15) is 49.8 Å². The number of aryl methyl sites for hydroxylation is 1. The van der Waals surface area contributed by atoms with Gasteiger partial charge in [0.2, 0.25) is 5.91 Å². The summed E-state index contributed by atoms with van der Waals surface area (Å²) in [5.41, 5.74) is 3.53. The number of aromatic nitrogens is 1. The van der Waals surface area contributed by atoms with Crippen molar-refractivity contribution in [2.45, 2.75) is 56.3 Å². The molecule has 2 aliphatic rings.